The molecule has 0 saturated carbocycles. The molecule has 0 bridgehead atoms. The highest BCUT2D eigenvalue weighted by atomic mass is 32.1. The lowest BCUT2D eigenvalue weighted by atomic mass is 9.97. The van der Waals surface area contributed by atoms with E-state index in [-0.39, 0.29) is 11.9 Å². The molecule has 0 N–H and O–H groups in total. The Hall–Kier alpha value is -2.15. The van der Waals surface area contributed by atoms with Crippen molar-refractivity contribution in [3.05, 3.63) is 41.7 Å². The highest BCUT2D eigenvalue weighted by Crippen LogP contribution is 2.23. The van der Waals surface area contributed by atoms with Crippen LogP contribution < -0.4 is 0 Å². The van der Waals surface area contributed by atoms with Crippen molar-refractivity contribution in [2.24, 2.45) is 7.05 Å². The van der Waals surface area contributed by atoms with Crippen LogP contribution >= 0.6 is 11.3 Å². The van der Waals surface area contributed by atoms with Gasteiger partial charge < -0.3 is 9.47 Å². The van der Waals surface area contributed by atoms with Gasteiger partial charge in [0.15, 0.2) is 4.96 Å². The maximum absolute atomic E-state index is 12.9. The minimum Gasteiger partial charge on any atom is -0.338 e. The Bertz CT molecular complexity index is 820. The molecule has 1 atom stereocenters. The number of aromatic nitrogens is 4. The zero-order valence-corrected chi connectivity index (χ0v) is 14.6. The zero-order chi connectivity index (χ0) is 16.5. The topological polar surface area (TPSA) is 55.4 Å². The number of carbonyl (C=O) groups is 1. The summed E-state index contributed by atoms with van der Waals surface area (Å²) in [6.45, 7) is 0.829. The first kappa shape index (κ1) is 15.4. The van der Waals surface area contributed by atoms with E-state index in [2.05, 4.69) is 14.5 Å². The third-order valence-corrected chi connectivity index (χ3v) is 5.59. The molecule has 3 aromatic rings. The fourth-order valence-corrected chi connectivity index (χ4v) is 4.18. The van der Waals surface area contributed by atoms with Gasteiger partial charge in [-0.15, -0.1) is 11.3 Å². The summed E-state index contributed by atoms with van der Waals surface area (Å²) in [6, 6.07) is 0.280. The Morgan fingerprint density at radius 1 is 1.38 bits per heavy atom. The lowest BCUT2D eigenvalue weighted by Crippen LogP contribution is -2.44. The van der Waals surface area contributed by atoms with Crippen molar-refractivity contribution >= 4 is 22.2 Å². The Morgan fingerprint density at radius 3 is 3.08 bits per heavy atom. The van der Waals surface area contributed by atoms with Crippen LogP contribution in [0.2, 0.25) is 0 Å². The van der Waals surface area contributed by atoms with Crippen molar-refractivity contribution in [2.75, 3.05) is 6.54 Å². The number of amides is 1. The maximum Gasteiger partial charge on any atom is 0.274 e. The van der Waals surface area contributed by atoms with Gasteiger partial charge in [-0.05, 0) is 25.7 Å². The smallest absolute Gasteiger partial charge is 0.274 e. The summed E-state index contributed by atoms with van der Waals surface area (Å²) in [4.78, 5) is 24.7. The third-order valence-electron chi connectivity index (χ3n) is 4.82. The van der Waals surface area contributed by atoms with Crippen LogP contribution in [0.5, 0.6) is 0 Å². The zero-order valence-electron chi connectivity index (χ0n) is 13.8. The van der Waals surface area contributed by atoms with E-state index in [0.29, 0.717) is 5.69 Å². The number of imidazole rings is 2. The van der Waals surface area contributed by atoms with Crippen molar-refractivity contribution in [3.8, 4) is 0 Å². The Kier molecular flexibility index (Phi) is 4.10. The summed E-state index contributed by atoms with van der Waals surface area (Å²) in [6.07, 6.45) is 12.8. The molecule has 0 radical (unpaired) electrons. The summed E-state index contributed by atoms with van der Waals surface area (Å²) < 4.78 is 3.98. The number of hydrogen-bond donors (Lipinski definition) is 0. The van der Waals surface area contributed by atoms with Crippen LogP contribution in [0.15, 0.2) is 30.2 Å². The molecule has 1 saturated heterocycles. The molecule has 0 aliphatic carbocycles. The molecule has 0 spiro atoms. The number of thiazole rings is 1. The highest BCUT2D eigenvalue weighted by molar-refractivity contribution is 7.15. The van der Waals surface area contributed by atoms with Crippen LogP contribution in [0.3, 0.4) is 0 Å². The van der Waals surface area contributed by atoms with Crippen LogP contribution in [0, 0.1) is 0 Å². The Labute approximate surface area is 144 Å². The number of nitrogens with zero attached hydrogens (tertiary/aromatic N) is 5. The quantitative estimate of drug-likeness (QED) is 0.732. The Morgan fingerprint density at radius 2 is 2.29 bits per heavy atom. The molecule has 1 fully saturated rings. The summed E-state index contributed by atoms with van der Waals surface area (Å²) >= 11 is 1.55. The number of fused-ring (bicyclic) bond motifs is 1. The number of aryl methyl sites for hydroxylation is 2. The molecular formula is C17H21N5OS. The fourth-order valence-electron chi connectivity index (χ4n) is 3.48. The van der Waals surface area contributed by atoms with E-state index >= 15 is 0 Å². The monoisotopic (exact) mass is 343 g/mol. The number of hydrogen-bond acceptors (Lipinski definition) is 4. The van der Waals surface area contributed by atoms with Crippen LogP contribution in [0.1, 0.15) is 42.0 Å². The minimum atomic E-state index is 0.0652. The van der Waals surface area contributed by atoms with Crippen LogP contribution in [0.25, 0.3) is 4.96 Å². The van der Waals surface area contributed by atoms with Gasteiger partial charge in [0.05, 0.1) is 0 Å². The molecule has 0 unspecified atom stereocenters. The van der Waals surface area contributed by atoms with E-state index in [0.717, 1.165) is 43.0 Å². The predicted octanol–water partition coefficient (Wildman–Crippen LogP) is 2.76. The van der Waals surface area contributed by atoms with Gasteiger partial charge in [-0.1, -0.05) is 0 Å². The van der Waals surface area contributed by atoms with Gasteiger partial charge in [-0.3, -0.25) is 9.20 Å². The second kappa shape index (κ2) is 6.39. The largest absolute Gasteiger partial charge is 0.338 e. The van der Waals surface area contributed by atoms with Gasteiger partial charge in [0.25, 0.3) is 5.91 Å². The summed E-state index contributed by atoms with van der Waals surface area (Å²) in [7, 11) is 2.02. The molecule has 1 aliphatic heterocycles. The first-order chi connectivity index (χ1) is 11.7. The molecule has 24 heavy (non-hydrogen) atoms. The maximum atomic E-state index is 12.9. The average Bonchev–Trinajstić information content (AvgIpc) is 3.28. The highest BCUT2D eigenvalue weighted by Gasteiger charge is 2.29. The number of rotatable bonds is 4. The number of likely N-dealkylation sites (tertiary alicyclic amines) is 1. The molecular weight excluding hydrogens is 322 g/mol. The molecule has 4 rings (SSSR count). The van der Waals surface area contributed by atoms with Gasteiger partial charge in [-0.2, -0.15) is 0 Å². The van der Waals surface area contributed by atoms with E-state index in [1.807, 2.05) is 46.5 Å². The van der Waals surface area contributed by atoms with Gasteiger partial charge in [0, 0.05) is 56.2 Å². The second-order valence-electron chi connectivity index (χ2n) is 6.36. The van der Waals surface area contributed by atoms with Gasteiger partial charge in [0.1, 0.15) is 11.5 Å². The fraction of sp³-hybridized carbons (Fsp3) is 0.471. The molecule has 3 aromatic heterocycles. The van der Waals surface area contributed by atoms with Crippen molar-refractivity contribution < 1.29 is 4.79 Å². The second-order valence-corrected chi connectivity index (χ2v) is 7.23. The van der Waals surface area contributed by atoms with E-state index in [4.69, 9.17) is 0 Å². The van der Waals surface area contributed by atoms with Crippen LogP contribution in [0.4, 0.5) is 0 Å². The third kappa shape index (κ3) is 2.84. The van der Waals surface area contributed by atoms with Crippen molar-refractivity contribution in [1.82, 2.24) is 23.8 Å². The van der Waals surface area contributed by atoms with E-state index in [1.165, 1.54) is 6.42 Å². The van der Waals surface area contributed by atoms with Crippen molar-refractivity contribution in [1.29, 1.82) is 0 Å². The SMILES string of the molecule is Cn1ccnc1CC[C@H]1CCCCN1C(=O)c1cn2ccsc2n1. The lowest BCUT2D eigenvalue weighted by Gasteiger charge is -2.35. The summed E-state index contributed by atoms with van der Waals surface area (Å²) in [5.74, 6) is 1.14. The van der Waals surface area contributed by atoms with Crippen LogP contribution in [-0.2, 0) is 13.5 Å². The van der Waals surface area contributed by atoms with E-state index in [9.17, 15) is 4.79 Å². The Balaban J connectivity index is 1.49. The normalized spacial score (nSPS) is 18.4. The lowest BCUT2D eigenvalue weighted by molar-refractivity contribution is 0.0595. The molecule has 1 amide bonds. The number of carbonyl (C=O) groups excluding carboxylic acids is 1. The van der Waals surface area contributed by atoms with Gasteiger partial charge in [-0.25, -0.2) is 9.97 Å². The minimum absolute atomic E-state index is 0.0652. The van der Waals surface area contributed by atoms with Gasteiger partial charge in [0.2, 0.25) is 0 Å². The first-order valence-corrected chi connectivity index (χ1v) is 9.30. The first-order valence-electron chi connectivity index (χ1n) is 8.42. The summed E-state index contributed by atoms with van der Waals surface area (Å²) in [5, 5.41) is 1.98. The standard InChI is InChI=1S/C17H21N5OS/c1-20-9-7-18-15(20)6-5-13-4-2-3-8-22(13)16(23)14-12-21-10-11-24-17(21)19-14/h7,9-13H,2-6,8H2,1H3/t13-/m1/s1. The van der Waals surface area contributed by atoms with Crippen LogP contribution in [-0.4, -0.2) is 42.3 Å². The average molecular weight is 343 g/mol. The van der Waals surface area contributed by atoms with Crippen molar-refractivity contribution in [2.45, 2.75) is 38.1 Å². The molecule has 4 heterocycles. The summed E-state index contributed by atoms with van der Waals surface area (Å²) in [5.41, 5.74) is 0.561. The van der Waals surface area contributed by atoms with E-state index < -0.39 is 0 Å². The molecule has 1 aliphatic rings. The number of piperidine rings is 1. The predicted molar refractivity (Wildman–Crippen MR) is 93.3 cm³/mol. The van der Waals surface area contributed by atoms with Gasteiger partial charge >= 0.3 is 0 Å². The molecule has 126 valence electrons. The van der Waals surface area contributed by atoms with Crippen molar-refractivity contribution in [3.63, 3.8) is 0 Å². The van der Waals surface area contributed by atoms with E-state index in [1.54, 1.807) is 11.3 Å². The molecule has 0 aromatic carbocycles. The molecule has 7 heteroatoms. The molecule has 6 nitrogen and oxygen atoms in total.